The lowest BCUT2D eigenvalue weighted by Gasteiger charge is -2.30. The molecule has 0 unspecified atom stereocenters. The van der Waals surface area contributed by atoms with Crippen LogP contribution in [0, 0.1) is 0 Å². The fourth-order valence-corrected chi connectivity index (χ4v) is 3.49. The van der Waals surface area contributed by atoms with Crippen LogP contribution in [0.15, 0.2) is 29.0 Å². The van der Waals surface area contributed by atoms with Crippen molar-refractivity contribution in [1.82, 2.24) is 14.9 Å². The second-order valence-corrected chi connectivity index (χ2v) is 6.08. The number of hydrogen-bond donors (Lipinski definition) is 2. The molecule has 0 saturated heterocycles. The number of imidazole rings is 1. The Labute approximate surface area is 125 Å². The number of benzene rings is 1. The third-order valence-electron chi connectivity index (χ3n) is 3.92. The van der Waals surface area contributed by atoms with Gasteiger partial charge in [0, 0.05) is 16.6 Å². The van der Waals surface area contributed by atoms with Crippen LogP contribution in [0.1, 0.15) is 31.7 Å². The molecular weight excluding hydrogens is 322 g/mol. The maximum Gasteiger partial charge on any atom is 0.404 e. The lowest BCUT2D eigenvalue weighted by Crippen LogP contribution is -2.37. The van der Waals surface area contributed by atoms with Crippen LogP contribution >= 0.6 is 15.9 Å². The molecule has 0 spiro atoms. The normalized spacial score (nSPS) is 22.9. The summed E-state index contributed by atoms with van der Waals surface area (Å²) >= 11 is 3.51. The predicted octanol–water partition coefficient (Wildman–Crippen LogP) is 3.55. The molecule has 1 aliphatic rings. The third kappa shape index (κ3) is 2.52. The number of aromatic nitrogens is 2. The Morgan fingerprint density at radius 2 is 2.30 bits per heavy atom. The van der Waals surface area contributed by atoms with E-state index in [2.05, 4.69) is 36.9 Å². The minimum Gasteiger partial charge on any atom is -0.465 e. The van der Waals surface area contributed by atoms with Gasteiger partial charge in [0.2, 0.25) is 0 Å². The summed E-state index contributed by atoms with van der Waals surface area (Å²) in [6.45, 7) is 0. The van der Waals surface area contributed by atoms with Crippen molar-refractivity contribution in [2.45, 2.75) is 37.8 Å². The summed E-state index contributed by atoms with van der Waals surface area (Å²) in [6.07, 6.45) is 4.76. The van der Waals surface area contributed by atoms with Crippen LogP contribution in [0.3, 0.4) is 0 Å². The highest BCUT2D eigenvalue weighted by molar-refractivity contribution is 9.10. The van der Waals surface area contributed by atoms with Gasteiger partial charge in [-0.05, 0) is 53.7 Å². The fourth-order valence-electron chi connectivity index (χ4n) is 3.04. The summed E-state index contributed by atoms with van der Waals surface area (Å²) in [6, 6.07) is 6.38. The van der Waals surface area contributed by atoms with E-state index in [1.165, 1.54) is 0 Å². The summed E-state index contributed by atoms with van der Waals surface area (Å²) in [7, 11) is 0. The number of nitrogens with one attached hydrogen (secondary N) is 1. The van der Waals surface area contributed by atoms with Crippen LogP contribution in [-0.2, 0) is 0 Å². The van der Waals surface area contributed by atoms with E-state index in [9.17, 15) is 4.79 Å². The smallest absolute Gasteiger partial charge is 0.404 e. The number of carbonyl (C=O) groups is 1. The van der Waals surface area contributed by atoms with Crippen molar-refractivity contribution in [2.24, 2.45) is 0 Å². The highest BCUT2D eigenvalue weighted by Gasteiger charge is 2.25. The summed E-state index contributed by atoms with van der Waals surface area (Å²) in [5.74, 6) is 0. The first-order valence-electron chi connectivity index (χ1n) is 6.75. The zero-order valence-electron chi connectivity index (χ0n) is 10.9. The minimum atomic E-state index is -0.936. The first-order valence-corrected chi connectivity index (χ1v) is 7.55. The van der Waals surface area contributed by atoms with Gasteiger partial charge in [-0.3, -0.25) is 0 Å². The molecule has 6 heteroatoms. The number of amides is 1. The molecule has 2 N–H and O–H groups in total. The molecule has 2 atom stereocenters. The van der Waals surface area contributed by atoms with E-state index in [1.807, 2.05) is 18.5 Å². The lowest BCUT2D eigenvalue weighted by molar-refractivity contribution is 0.182. The maximum atomic E-state index is 10.8. The largest absolute Gasteiger partial charge is 0.465 e. The molecular formula is C14H16BrN3O2. The molecule has 0 bridgehead atoms. The zero-order valence-corrected chi connectivity index (χ0v) is 12.5. The van der Waals surface area contributed by atoms with E-state index in [-0.39, 0.29) is 6.04 Å². The summed E-state index contributed by atoms with van der Waals surface area (Å²) in [5, 5.41) is 11.5. The van der Waals surface area contributed by atoms with Gasteiger partial charge >= 0.3 is 6.09 Å². The van der Waals surface area contributed by atoms with Gasteiger partial charge < -0.3 is 15.0 Å². The highest BCUT2D eigenvalue weighted by atomic mass is 79.9. The number of fused-ring (bicyclic) bond motifs is 1. The van der Waals surface area contributed by atoms with Gasteiger partial charge in [0.05, 0.1) is 11.8 Å². The van der Waals surface area contributed by atoms with E-state index < -0.39 is 6.09 Å². The van der Waals surface area contributed by atoms with Gasteiger partial charge in [-0.1, -0.05) is 6.07 Å². The van der Waals surface area contributed by atoms with Gasteiger partial charge in [-0.2, -0.15) is 0 Å². The van der Waals surface area contributed by atoms with Gasteiger partial charge in [0.1, 0.15) is 5.52 Å². The Hall–Kier alpha value is -1.56. The summed E-state index contributed by atoms with van der Waals surface area (Å²) in [4.78, 5) is 15.2. The van der Waals surface area contributed by atoms with Gasteiger partial charge in [0.25, 0.3) is 0 Å². The number of nitrogens with zero attached hydrogens (tertiary/aromatic N) is 2. The number of hydrogen-bond acceptors (Lipinski definition) is 2. The average molecular weight is 338 g/mol. The van der Waals surface area contributed by atoms with E-state index >= 15 is 0 Å². The number of rotatable bonds is 2. The zero-order chi connectivity index (χ0) is 14.1. The standard InChI is InChI=1S/C14H16BrN3O2/c15-11-5-2-6-12-13(11)16-8-18(12)10-4-1-3-9(7-10)17-14(19)20/h2,5-6,8-10,17H,1,3-4,7H2,(H,19,20)/t9-,10-/m0/s1. The second-order valence-electron chi connectivity index (χ2n) is 5.23. The molecule has 1 aliphatic carbocycles. The molecule has 1 aromatic heterocycles. The van der Waals surface area contributed by atoms with Crippen LogP contribution in [0.4, 0.5) is 4.79 Å². The van der Waals surface area contributed by atoms with Crippen LogP contribution in [-0.4, -0.2) is 26.8 Å². The average Bonchev–Trinajstić information content (AvgIpc) is 2.83. The SMILES string of the molecule is O=C(O)N[C@H]1CCC[C@H](n2cnc3c(Br)cccc32)C1. The molecule has 0 radical (unpaired) electrons. The summed E-state index contributed by atoms with van der Waals surface area (Å²) < 4.78 is 3.17. The Kier molecular flexibility index (Phi) is 3.65. The van der Waals surface area contributed by atoms with Crippen molar-refractivity contribution >= 4 is 33.1 Å². The molecule has 3 rings (SSSR count). The fraction of sp³-hybridized carbons (Fsp3) is 0.429. The van der Waals surface area contributed by atoms with Gasteiger partial charge in [-0.25, -0.2) is 9.78 Å². The lowest BCUT2D eigenvalue weighted by atomic mass is 9.91. The van der Waals surface area contributed by atoms with E-state index in [0.29, 0.717) is 6.04 Å². The van der Waals surface area contributed by atoms with E-state index in [0.717, 1.165) is 41.2 Å². The predicted molar refractivity (Wildman–Crippen MR) is 79.9 cm³/mol. The Balaban J connectivity index is 1.87. The third-order valence-corrected chi connectivity index (χ3v) is 4.56. The number of carboxylic acid groups (broad SMARTS) is 1. The molecule has 2 aromatic rings. The molecule has 5 nitrogen and oxygen atoms in total. The quantitative estimate of drug-likeness (QED) is 0.880. The van der Waals surface area contributed by atoms with Crippen LogP contribution in [0.25, 0.3) is 11.0 Å². The molecule has 0 aliphatic heterocycles. The first kappa shape index (κ1) is 13.4. The molecule has 106 valence electrons. The van der Waals surface area contributed by atoms with Crippen molar-refractivity contribution in [3.63, 3.8) is 0 Å². The van der Waals surface area contributed by atoms with Crippen LogP contribution < -0.4 is 5.32 Å². The molecule has 1 heterocycles. The van der Waals surface area contributed by atoms with Crippen molar-refractivity contribution in [1.29, 1.82) is 0 Å². The Bertz CT molecular complexity index is 640. The molecule has 20 heavy (non-hydrogen) atoms. The second kappa shape index (κ2) is 5.44. The van der Waals surface area contributed by atoms with E-state index in [1.54, 1.807) is 0 Å². The van der Waals surface area contributed by atoms with Crippen molar-refractivity contribution in [3.8, 4) is 0 Å². The molecule has 1 saturated carbocycles. The van der Waals surface area contributed by atoms with Crippen molar-refractivity contribution < 1.29 is 9.90 Å². The minimum absolute atomic E-state index is 0.0378. The highest BCUT2D eigenvalue weighted by Crippen LogP contribution is 2.32. The topological polar surface area (TPSA) is 67.2 Å². The molecule has 1 amide bonds. The Morgan fingerprint density at radius 3 is 3.10 bits per heavy atom. The van der Waals surface area contributed by atoms with Crippen molar-refractivity contribution in [3.05, 3.63) is 29.0 Å². The first-order chi connectivity index (χ1) is 9.65. The van der Waals surface area contributed by atoms with Crippen molar-refractivity contribution in [2.75, 3.05) is 0 Å². The molecule has 1 fully saturated rings. The van der Waals surface area contributed by atoms with Gasteiger partial charge in [0.15, 0.2) is 0 Å². The van der Waals surface area contributed by atoms with Crippen LogP contribution in [0.2, 0.25) is 0 Å². The van der Waals surface area contributed by atoms with E-state index in [4.69, 9.17) is 5.11 Å². The number of halogens is 1. The number of para-hydroxylation sites is 1. The Morgan fingerprint density at radius 1 is 1.45 bits per heavy atom. The van der Waals surface area contributed by atoms with Crippen LogP contribution in [0.5, 0.6) is 0 Å². The van der Waals surface area contributed by atoms with Gasteiger partial charge in [-0.15, -0.1) is 0 Å². The monoisotopic (exact) mass is 337 g/mol. The summed E-state index contributed by atoms with van der Waals surface area (Å²) in [5.41, 5.74) is 2.06. The maximum absolute atomic E-state index is 10.8. The molecule has 1 aromatic carbocycles.